The maximum atomic E-state index is 12.7. The Morgan fingerprint density at radius 1 is 1.25 bits per heavy atom. The van der Waals surface area contributed by atoms with Crippen molar-refractivity contribution in [2.75, 3.05) is 18.5 Å². The van der Waals surface area contributed by atoms with Crippen molar-refractivity contribution in [3.05, 3.63) is 69.8 Å². The number of anilines is 1. The number of nitrogens with zero attached hydrogens (tertiary/aromatic N) is 3. The van der Waals surface area contributed by atoms with Gasteiger partial charge in [0.05, 0.1) is 17.4 Å². The van der Waals surface area contributed by atoms with E-state index in [2.05, 4.69) is 0 Å². The molecule has 146 valence electrons. The lowest BCUT2D eigenvalue weighted by Crippen LogP contribution is -2.31. The summed E-state index contributed by atoms with van der Waals surface area (Å²) in [7, 11) is 1.70. The highest BCUT2D eigenvalue weighted by Gasteiger charge is 2.22. The van der Waals surface area contributed by atoms with E-state index >= 15 is 0 Å². The van der Waals surface area contributed by atoms with E-state index in [9.17, 15) is 19.7 Å². The third-order valence-corrected chi connectivity index (χ3v) is 5.21. The zero-order valence-corrected chi connectivity index (χ0v) is 16.0. The molecule has 0 radical (unpaired) electrons. The minimum Gasteiger partial charge on any atom is -0.339 e. The Labute approximate surface area is 163 Å². The van der Waals surface area contributed by atoms with Crippen LogP contribution in [-0.2, 0) is 16.0 Å². The largest absolute Gasteiger partial charge is 0.339 e. The summed E-state index contributed by atoms with van der Waals surface area (Å²) in [6.07, 6.45) is 1.68. The van der Waals surface area contributed by atoms with Gasteiger partial charge >= 0.3 is 0 Å². The van der Waals surface area contributed by atoms with Crippen LogP contribution in [-0.4, -0.2) is 35.2 Å². The van der Waals surface area contributed by atoms with Crippen LogP contribution in [0.5, 0.6) is 0 Å². The Kier molecular flexibility index (Phi) is 5.73. The van der Waals surface area contributed by atoms with Crippen molar-refractivity contribution in [2.24, 2.45) is 0 Å². The quantitative estimate of drug-likeness (QED) is 0.566. The molecule has 1 atom stereocenters. The Bertz CT molecular complexity index is 895. The second-order valence-corrected chi connectivity index (χ2v) is 7.02. The van der Waals surface area contributed by atoms with Gasteiger partial charge in [0.25, 0.3) is 5.69 Å². The first-order valence-electron chi connectivity index (χ1n) is 9.26. The molecule has 0 N–H and O–H groups in total. The number of carbonyl (C=O) groups excluding carboxylic acids is 2. The lowest BCUT2D eigenvalue weighted by molar-refractivity contribution is -0.384. The number of carbonyl (C=O) groups is 2. The molecule has 0 aliphatic carbocycles. The van der Waals surface area contributed by atoms with Crippen molar-refractivity contribution >= 4 is 23.2 Å². The van der Waals surface area contributed by atoms with Crippen molar-refractivity contribution < 1.29 is 14.5 Å². The van der Waals surface area contributed by atoms with E-state index in [1.807, 2.05) is 31.2 Å². The van der Waals surface area contributed by atoms with Crippen LogP contribution in [0.2, 0.25) is 0 Å². The molecular formula is C21H23N3O4. The molecule has 0 spiro atoms. The SMILES string of the molecule is CC(c1cccc([N+](=O)[O-])c1)N(C)C(=O)Cc1ccc(N2CCCC2=O)cc1. The second-order valence-electron chi connectivity index (χ2n) is 7.02. The smallest absolute Gasteiger partial charge is 0.269 e. The molecule has 2 amide bonds. The van der Waals surface area contributed by atoms with Gasteiger partial charge in [-0.25, -0.2) is 0 Å². The summed E-state index contributed by atoms with van der Waals surface area (Å²) in [6.45, 7) is 2.58. The summed E-state index contributed by atoms with van der Waals surface area (Å²) < 4.78 is 0. The van der Waals surface area contributed by atoms with Gasteiger partial charge in [0, 0.05) is 37.8 Å². The van der Waals surface area contributed by atoms with Gasteiger partial charge in [0.1, 0.15) is 0 Å². The molecule has 1 aliphatic heterocycles. The Balaban J connectivity index is 1.66. The number of likely N-dealkylation sites (N-methyl/N-ethyl adjacent to an activating group) is 1. The van der Waals surface area contributed by atoms with E-state index in [0.29, 0.717) is 12.0 Å². The normalized spacial score (nSPS) is 14.8. The van der Waals surface area contributed by atoms with Crippen molar-refractivity contribution in [3.8, 4) is 0 Å². The number of nitro benzene ring substituents is 1. The molecule has 2 aromatic rings. The van der Waals surface area contributed by atoms with Gasteiger partial charge in [0.15, 0.2) is 0 Å². The molecule has 0 aromatic heterocycles. The molecule has 1 saturated heterocycles. The maximum absolute atomic E-state index is 12.7. The fraction of sp³-hybridized carbons (Fsp3) is 0.333. The molecule has 1 fully saturated rings. The minimum absolute atomic E-state index is 0.0113. The average molecular weight is 381 g/mol. The fourth-order valence-corrected chi connectivity index (χ4v) is 3.35. The molecule has 1 unspecified atom stereocenters. The Hall–Kier alpha value is -3.22. The number of hydrogen-bond donors (Lipinski definition) is 0. The zero-order valence-electron chi connectivity index (χ0n) is 16.0. The third-order valence-electron chi connectivity index (χ3n) is 5.21. The maximum Gasteiger partial charge on any atom is 0.269 e. The predicted molar refractivity (Wildman–Crippen MR) is 106 cm³/mol. The van der Waals surface area contributed by atoms with Crippen molar-refractivity contribution in [2.45, 2.75) is 32.2 Å². The number of amides is 2. The lowest BCUT2D eigenvalue weighted by atomic mass is 10.0. The van der Waals surface area contributed by atoms with E-state index in [0.717, 1.165) is 24.2 Å². The highest BCUT2D eigenvalue weighted by atomic mass is 16.6. The molecule has 1 heterocycles. The highest BCUT2D eigenvalue weighted by Crippen LogP contribution is 2.25. The third kappa shape index (κ3) is 4.19. The summed E-state index contributed by atoms with van der Waals surface area (Å²) in [5.74, 6) is 0.0540. The molecule has 0 bridgehead atoms. The van der Waals surface area contributed by atoms with Crippen LogP contribution in [0, 0.1) is 10.1 Å². The van der Waals surface area contributed by atoms with Gasteiger partial charge in [-0.2, -0.15) is 0 Å². The first kappa shape index (κ1) is 19.5. The average Bonchev–Trinajstić information content (AvgIpc) is 3.13. The highest BCUT2D eigenvalue weighted by molar-refractivity contribution is 5.95. The summed E-state index contributed by atoms with van der Waals surface area (Å²) in [6, 6.07) is 13.5. The number of hydrogen-bond acceptors (Lipinski definition) is 4. The summed E-state index contributed by atoms with van der Waals surface area (Å²) >= 11 is 0. The molecule has 3 rings (SSSR count). The predicted octanol–water partition coefficient (Wildman–Crippen LogP) is 3.48. The van der Waals surface area contributed by atoms with Crippen molar-refractivity contribution in [1.29, 1.82) is 0 Å². The van der Waals surface area contributed by atoms with Crippen LogP contribution in [0.15, 0.2) is 48.5 Å². The first-order valence-corrected chi connectivity index (χ1v) is 9.26. The van der Waals surface area contributed by atoms with E-state index in [1.165, 1.54) is 12.1 Å². The molecule has 1 aliphatic rings. The molecular weight excluding hydrogens is 358 g/mol. The summed E-state index contributed by atoms with van der Waals surface area (Å²) in [5, 5.41) is 11.0. The van der Waals surface area contributed by atoms with Crippen LogP contribution in [0.4, 0.5) is 11.4 Å². The van der Waals surface area contributed by atoms with E-state index in [-0.39, 0.29) is 30.0 Å². The van der Waals surface area contributed by atoms with E-state index < -0.39 is 4.92 Å². The standard InChI is InChI=1S/C21H23N3O4/c1-15(17-5-3-6-19(14-17)24(27)28)22(2)21(26)13-16-8-10-18(11-9-16)23-12-4-7-20(23)25/h3,5-6,8-11,14-15H,4,7,12-13H2,1-2H3. The van der Waals surface area contributed by atoms with Crippen LogP contribution >= 0.6 is 0 Å². The van der Waals surface area contributed by atoms with Crippen molar-refractivity contribution in [1.82, 2.24) is 4.90 Å². The zero-order chi connectivity index (χ0) is 20.3. The van der Waals surface area contributed by atoms with Gasteiger partial charge in [-0.15, -0.1) is 0 Å². The first-order chi connectivity index (χ1) is 13.4. The van der Waals surface area contributed by atoms with E-state index in [1.54, 1.807) is 29.0 Å². The Morgan fingerprint density at radius 3 is 2.57 bits per heavy atom. The van der Waals surface area contributed by atoms with Crippen LogP contribution in [0.1, 0.15) is 36.9 Å². The molecule has 7 nitrogen and oxygen atoms in total. The second kappa shape index (κ2) is 8.21. The lowest BCUT2D eigenvalue weighted by Gasteiger charge is -2.25. The summed E-state index contributed by atoms with van der Waals surface area (Å²) in [4.78, 5) is 38.4. The van der Waals surface area contributed by atoms with Crippen molar-refractivity contribution in [3.63, 3.8) is 0 Å². The molecule has 7 heteroatoms. The van der Waals surface area contributed by atoms with Crippen LogP contribution in [0.3, 0.4) is 0 Å². The number of benzene rings is 2. The van der Waals surface area contributed by atoms with Gasteiger partial charge < -0.3 is 9.80 Å². The number of non-ortho nitro benzene ring substituents is 1. The van der Waals surface area contributed by atoms with Gasteiger partial charge in [0.2, 0.25) is 11.8 Å². The molecule has 2 aromatic carbocycles. The van der Waals surface area contributed by atoms with Crippen LogP contribution < -0.4 is 4.90 Å². The van der Waals surface area contributed by atoms with Gasteiger partial charge in [-0.05, 0) is 36.6 Å². The summed E-state index contributed by atoms with van der Waals surface area (Å²) in [5.41, 5.74) is 2.45. The number of nitro groups is 1. The van der Waals surface area contributed by atoms with Gasteiger partial charge in [-0.1, -0.05) is 24.3 Å². The number of rotatable bonds is 6. The molecule has 28 heavy (non-hydrogen) atoms. The monoisotopic (exact) mass is 381 g/mol. The molecule has 0 saturated carbocycles. The topological polar surface area (TPSA) is 83.8 Å². The minimum atomic E-state index is -0.440. The van der Waals surface area contributed by atoms with Crippen LogP contribution in [0.25, 0.3) is 0 Å². The van der Waals surface area contributed by atoms with E-state index in [4.69, 9.17) is 0 Å². The fourth-order valence-electron chi connectivity index (χ4n) is 3.35. The van der Waals surface area contributed by atoms with Gasteiger partial charge in [-0.3, -0.25) is 19.7 Å². The Morgan fingerprint density at radius 2 is 1.96 bits per heavy atom.